The average Bonchev–Trinajstić information content (AvgIpc) is 2.80. The number of halogens is 2. The lowest BCUT2D eigenvalue weighted by Gasteiger charge is -2.15. The zero-order valence-electron chi connectivity index (χ0n) is 9.86. The van der Waals surface area contributed by atoms with Crippen molar-refractivity contribution in [2.45, 2.75) is 19.4 Å². The molecule has 0 fully saturated rings. The zero-order valence-corrected chi connectivity index (χ0v) is 12.3. The van der Waals surface area contributed by atoms with Gasteiger partial charge in [0, 0.05) is 9.85 Å². The van der Waals surface area contributed by atoms with E-state index in [0.717, 1.165) is 22.3 Å². The number of hydrogen-bond acceptors (Lipinski definition) is 4. The van der Waals surface area contributed by atoms with Crippen molar-refractivity contribution in [2.75, 3.05) is 6.54 Å². The molecular formula is C12H13BrFN3S. The van der Waals surface area contributed by atoms with Crippen LogP contribution in [-0.2, 0) is 6.42 Å². The molecule has 1 N–H and O–H groups in total. The molecule has 1 unspecified atom stereocenters. The summed E-state index contributed by atoms with van der Waals surface area (Å²) in [6.45, 7) is 2.87. The van der Waals surface area contributed by atoms with Gasteiger partial charge in [0.25, 0.3) is 0 Å². The summed E-state index contributed by atoms with van der Waals surface area (Å²) in [4.78, 5) is 0. The summed E-state index contributed by atoms with van der Waals surface area (Å²) in [5, 5.41) is 9.33. The lowest BCUT2D eigenvalue weighted by Crippen LogP contribution is -2.23. The van der Waals surface area contributed by atoms with E-state index in [0.29, 0.717) is 6.42 Å². The molecule has 18 heavy (non-hydrogen) atoms. The summed E-state index contributed by atoms with van der Waals surface area (Å²) in [5.41, 5.74) is 1.84. The largest absolute Gasteiger partial charge is 0.309 e. The Bertz CT molecular complexity index is 484. The van der Waals surface area contributed by atoms with Crippen molar-refractivity contribution >= 4 is 27.5 Å². The van der Waals surface area contributed by atoms with E-state index >= 15 is 0 Å². The van der Waals surface area contributed by atoms with Gasteiger partial charge in [-0.1, -0.05) is 27.3 Å². The molecule has 6 heteroatoms. The summed E-state index contributed by atoms with van der Waals surface area (Å²) in [6, 6.07) is 5.00. The monoisotopic (exact) mass is 329 g/mol. The van der Waals surface area contributed by atoms with Gasteiger partial charge in [0.15, 0.2) is 0 Å². The summed E-state index contributed by atoms with van der Waals surface area (Å²) in [7, 11) is 0. The molecule has 1 aromatic heterocycles. The van der Waals surface area contributed by atoms with Crippen molar-refractivity contribution in [3.63, 3.8) is 0 Å². The highest BCUT2D eigenvalue weighted by atomic mass is 79.9. The average molecular weight is 330 g/mol. The van der Waals surface area contributed by atoms with Gasteiger partial charge in [-0.3, -0.25) is 0 Å². The number of aromatic nitrogens is 2. The predicted octanol–water partition coefficient (Wildman–Crippen LogP) is 3.33. The van der Waals surface area contributed by atoms with Crippen molar-refractivity contribution in [1.29, 1.82) is 0 Å². The van der Waals surface area contributed by atoms with E-state index in [4.69, 9.17) is 0 Å². The van der Waals surface area contributed by atoms with Crippen LogP contribution in [0.15, 0.2) is 28.1 Å². The molecule has 0 aliphatic carbocycles. The van der Waals surface area contributed by atoms with Gasteiger partial charge in [-0.15, -0.1) is 5.10 Å². The van der Waals surface area contributed by atoms with Gasteiger partial charge < -0.3 is 5.32 Å². The topological polar surface area (TPSA) is 37.8 Å². The minimum absolute atomic E-state index is 0.0717. The molecular weight excluding hydrogens is 317 g/mol. The summed E-state index contributed by atoms with van der Waals surface area (Å²) < 4.78 is 18.0. The highest BCUT2D eigenvalue weighted by Gasteiger charge is 2.14. The highest BCUT2D eigenvalue weighted by Crippen LogP contribution is 2.21. The number of hydrogen-bond donors (Lipinski definition) is 1. The van der Waals surface area contributed by atoms with E-state index in [1.54, 1.807) is 6.07 Å². The fourth-order valence-electron chi connectivity index (χ4n) is 1.82. The van der Waals surface area contributed by atoms with E-state index in [1.807, 2.05) is 18.4 Å². The molecule has 1 heterocycles. The van der Waals surface area contributed by atoms with Gasteiger partial charge in [-0.25, -0.2) is 4.39 Å². The second-order valence-corrected chi connectivity index (χ2v) is 5.45. The Kier molecular flexibility index (Phi) is 4.79. The summed E-state index contributed by atoms with van der Waals surface area (Å²) in [5.74, 6) is -0.231. The van der Waals surface area contributed by atoms with Crippen LogP contribution in [0.2, 0.25) is 0 Å². The maximum Gasteiger partial charge on any atom is 0.124 e. The molecule has 0 saturated heterocycles. The van der Waals surface area contributed by atoms with Crippen LogP contribution in [0.4, 0.5) is 4.39 Å². The first kappa shape index (κ1) is 13.6. The third kappa shape index (κ3) is 3.57. The Hall–Kier alpha value is -0.850. The van der Waals surface area contributed by atoms with Crippen LogP contribution in [0.3, 0.4) is 0 Å². The van der Waals surface area contributed by atoms with Gasteiger partial charge in [-0.05, 0) is 48.3 Å². The first-order valence-corrected chi connectivity index (χ1v) is 7.27. The molecule has 1 atom stereocenters. The Morgan fingerprint density at radius 1 is 1.44 bits per heavy atom. The molecule has 1 aromatic carbocycles. The molecule has 0 aliphatic rings. The maximum atomic E-state index is 13.3. The van der Waals surface area contributed by atoms with Crippen LogP contribution in [0.1, 0.15) is 24.2 Å². The molecule has 0 spiro atoms. The van der Waals surface area contributed by atoms with Crippen molar-refractivity contribution in [2.24, 2.45) is 0 Å². The first-order valence-electron chi connectivity index (χ1n) is 5.64. The molecule has 0 amide bonds. The summed E-state index contributed by atoms with van der Waals surface area (Å²) >= 11 is 4.63. The Morgan fingerprint density at radius 3 is 2.89 bits per heavy atom. The van der Waals surface area contributed by atoms with E-state index in [-0.39, 0.29) is 11.9 Å². The van der Waals surface area contributed by atoms with E-state index < -0.39 is 0 Å². The van der Waals surface area contributed by atoms with Gasteiger partial charge in [0.1, 0.15) is 5.82 Å². The fourth-order valence-corrected chi connectivity index (χ4v) is 2.84. The smallest absolute Gasteiger partial charge is 0.124 e. The Morgan fingerprint density at radius 2 is 2.28 bits per heavy atom. The molecule has 0 aliphatic heterocycles. The molecule has 2 rings (SSSR count). The van der Waals surface area contributed by atoms with Crippen LogP contribution >= 0.6 is 27.5 Å². The minimum Gasteiger partial charge on any atom is -0.309 e. The SMILES string of the molecule is CCNC(Cc1cc(F)cc(Br)c1)c1csnn1. The lowest BCUT2D eigenvalue weighted by molar-refractivity contribution is 0.533. The highest BCUT2D eigenvalue weighted by molar-refractivity contribution is 9.10. The van der Waals surface area contributed by atoms with Crippen molar-refractivity contribution < 1.29 is 4.39 Å². The third-order valence-corrected chi connectivity index (χ3v) is 3.53. The fraction of sp³-hybridized carbons (Fsp3) is 0.333. The normalized spacial score (nSPS) is 12.6. The lowest BCUT2D eigenvalue weighted by atomic mass is 10.0. The second-order valence-electron chi connectivity index (χ2n) is 3.92. The third-order valence-electron chi connectivity index (χ3n) is 2.55. The molecule has 96 valence electrons. The number of likely N-dealkylation sites (N-methyl/N-ethyl adjacent to an activating group) is 1. The van der Waals surface area contributed by atoms with Crippen LogP contribution in [0.5, 0.6) is 0 Å². The maximum absolute atomic E-state index is 13.3. The van der Waals surface area contributed by atoms with Gasteiger partial charge >= 0.3 is 0 Å². The summed E-state index contributed by atoms with van der Waals surface area (Å²) in [6.07, 6.45) is 0.690. The zero-order chi connectivity index (χ0) is 13.0. The Labute approximate surface area is 118 Å². The van der Waals surface area contributed by atoms with Crippen molar-refractivity contribution in [1.82, 2.24) is 14.9 Å². The van der Waals surface area contributed by atoms with Gasteiger partial charge in [-0.2, -0.15) is 0 Å². The Balaban J connectivity index is 2.18. The number of nitrogens with zero attached hydrogens (tertiary/aromatic N) is 2. The molecule has 0 saturated carbocycles. The van der Waals surface area contributed by atoms with Gasteiger partial charge in [0.05, 0.1) is 11.7 Å². The molecule has 0 radical (unpaired) electrons. The quantitative estimate of drug-likeness (QED) is 0.914. The minimum atomic E-state index is -0.231. The van der Waals surface area contributed by atoms with Crippen LogP contribution in [0, 0.1) is 5.82 Å². The van der Waals surface area contributed by atoms with E-state index in [9.17, 15) is 4.39 Å². The van der Waals surface area contributed by atoms with Crippen LogP contribution in [-0.4, -0.2) is 16.1 Å². The predicted molar refractivity (Wildman–Crippen MR) is 74.1 cm³/mol. The first-order chi connectivity index (χ1) is 8.69. The van der Waals surface area contributed by atoms with Crippen molar-refractivity contribution in [3.8, 4) is 0 Å². The molecule has 0 bridgehead atoms. The standard InChI is InChI=1S/C12H13BrFN3S/c1-2-15-11(12-7-18-17-16-12)5-8-3-9(13)6-10(14)4-8/h3-4,6-7,11,15H,2,5H2,1H3. The second kappa shape index (κ2) is 6.36. The van der Waals surface area contributed by atoms with Crippen LogP contribution in [0.25, 0.3) is 0 Å². The molecule has 2 aromatic rings. The van der Waals surface area contributed by atoms with Crippen LogP contribution < -0.4 is 5.32 Å². The molecule has 3 nitrogen and oxygen atoms in total. The van der Waals surface area contributed by atoms with E-state index in [1.165, 1.54) is 17.6 Å². The number of rotatable bonds is 5. The number of nitrogens with one attached hydrogen (secondary N) is 1. The van der Waals surface area contributed by atoms with Crippen molar-refractivity contribution in [3.05, 3.63) is 45.1 Å². The van der Waals surface area contributed by atoms with E-state index in [2.05, 4.69) is 30.8 Å². The number of benzene rings is 1. The van der Waals surface area contributed by atoms with Gasteiger partial charge in [0.2, 0.25) is 0 Å².